The fourth-order valence-electron chi connectivity index (χ4n) is 1.37. The fourth-order valence-corrected chi connectivity index (χ4v) is 1.37. The van der Waals surface area contributed by atoms with Crippen LogP contribution in [0.15, 0.2) is 53.0 Å². The molecule has 1 aromatic heterocycles. The number of rotatable bonds is 5. The molecule has 2 N–H and O–H groups in total. The van der Waals surface area contributed by atoms with Crippen LogP contribution >= 0.6 is 12.4 Å². The third kappa shape index (κ3) is 4.08. The lowest BCUT2D eigenvalue weighted by molar-refractivity contribution is 0.347. The number of hydrogen-bond acceptors (Lipinski definition) is 4. The molecule has 0 saturated heterocycles. The van der Waals surface area contributed by atoms with E-state index in [4.69, 9.17) is 14.9 Å². The van der Waals surface area contributed by atoms with Crippen molar-refractivity contribution in [3.8, 4) is 17.2 Å². The molecule has 102 valence electrons. The molecule has 1 aromatic carbocycles. The number of nitrogens with zero attached hydrogens (tertiary/aromatic N) is 1. The van der Waals surface area contributed by atoms with Crippen molar-refractivity contribution in [2.45, 2.75) is 0 Å². The Balaban J connectivity index is 0.00000180. The predicted octanol–water partition coefficient (Wildman–Crippen LogP) is 2.95. The van der Waals surface area contributed by atoms with E-state index in [0.717, 1.165) is 5.56 Å². The minimum Gasteiger partial charge on any atom is -0.489 e. The number of benzene rings is 1. The summed E-state index contributed by atoms with van der Waals surface area (Å²) in [5.74, 6) is 1.19. The van der Waals surface area contributed by atoms with E-state index in [1.165, 1.54) is 6.26 Å². The molecule has 2 rings (SSSR count). The van der Waals surface area contributed by atoms with Crippen LogP contribution in [-0.4, -0.2) is 18.1 Å². The lowest BCUT2D eigenvalue weighted by atomic mass is 10.2. The summed E-state index contributed by atoms with van der Waals surface area (Å²) < 4.78 is 22.8. The zero-order valence-electron chi connectivity index (χ0n) is 10.1. The summed E-state index contributed by atoms with van der Waals surface area (Å²) in [6.45, 7) is 0.288. The van der Waals surface area contributed by atoms with Crippen molar-refractivity contribution in [3.63, 3.8) is 0 Å². The van der Waals surface area contributed by atoms with Gasteiger partial charge in [-0.1, -0.05) is 0 Å². The summed E-state index contributed by atoms with van der Waals surface area (Å²) >= 11 is 0. The van der Waals surface area contributed by atoms with E-state index in [2.05, 4.69) is 4.98 Å². The number of nitrogens with two attached hydrogens (primary N) is 1. The molecule has 0 radical (unpaired) electrons. The van der Waals surface area contributed by atoms with Crippen molar-refractivity contribution in [3.05, 3.63) is 48.6 Å². The Morgan fingerprint density at radius 1 is 1.37 bits per heavy atom. The van der Waals surface area contributed by atoms with E-state index >= 15 is 0 Å². The van der Waals surface area contributed by atoms with Crippen molar-refractivity contribution in [2.75, 3.05) is 13.2 Å². The molecule has 0 aliphatic heterocycles. The highest BCUT2D eigenvalue weighted by Gasteiger charge is 2.03. The number of oxazole rings is 1. The average molecular weight is 285 g/mol. The lowest BCUT2D eigenvalue weighted by Crippen LogP contribution is -2.10. The van der Waals surface area contributed by atoms with Crippen molar-refractivity contribution in [1.82, 2.24) is 4.98 Å². The number of hydrogen-bond donors (Lipinski definition) is 1. The third-order valence-corrected chi connectivity index (χ3v) is 2.37. The van der Waals surface area contributed by atoms with Crippen LogP contribution in [0.1, 0.15) is 0 Å². The largest absolute Gasteiger partial charge is 0.489 e. The van der Waals surface area contributed by atoms with E-state index in [1.807, 2.05) is 12.1 Å². The van der Waals surface area contributed by atoms with E-state index < -0.39 is 0 Å². The van der Waals surface area contributed by atoms with Crippen molar-refractivity contribution >= 4 is 12.4 Å². The van der Waals surface area contributed by atoms with Crippen LogP contribution in [0.2, 0.25) is 0 Å². The zero-order chi connectivity index (χ0) is 12.8. The van der Waals surface area contributed by atoms with E-state index in [1.54, 1.807) is 18.3 Å². The summed E-state index contributed by atoms with van der Waals surface area (Å²) in [6.07, 6.45) is 3.57. The highest BCUT2D eigenvalue weighted by Crippen LogP contribution is 2.20. The third-order valence-electron chi connectivity index (χ3n) is 2.37. The van der Waals surface area contributed by atoms with Crippen LogP contribution in [0.4, 0.5) is 4.39 Å². The van der Waals surface area contributed by atoms with Crippen LogP contribution in [0, 0.1) is 0 Å². The first kappa shape index (κ1) is 15.2. The van der Waals surface area contributed by atoms with Crippen LogP contribution in [0.25, 0.3) is 11.5 Å². The standard InChI is InChI=1S/C13H13FN2O2.ClH/c14-7-10(8-15)9-18-12-3-1-11(2-4-12)13-16-5-6-17-13;/h1-7H,8-9,15H2;1H/b10-7+;. The maximum Gasteiger partial charge on any atom is 0.225 e. The van der Waals surface area contributed by atoms with Gasteiger partial charge in [0.15, 0.2) is 0 Å². The molecule has 0 amide bonds. The second-order valence-corrected chi connectivity index (χ2v) is 3.62. The Morgan fingerprint density at radius 3 is 2.63 bits per heavy atom. The summed E-state index contributed by atoms with van der Waals surface area (Å²) in [7, 11) is 0. The minimum absolute atomic E-state index is 0. The van der Waals surface area contributed by atoms with E-state index in [9.17, 15) is 4.39 Å². The Bertz CT molecular complexity index is 512. The van der Waals surface area contributed by atoms with Crippen LogP contribution < -0.4 is 10.5 Å². The molecule has 0 atom stereocenters. The molecule has 1 heterocycles. The first-order valence-corrected chi connectivity index (χ1v) is 5.44. The highest BCUT2D eigenvalue weighted by molar-refractivity contribution is 5.85. The molecule has 0 fully saturated rings. The first-order valence-electron chi connectivity index (χ1n) is 5.44. The normalized spacial score (nSPS) is 10.9. The number of aromatic nitrogens is 1. The topological polar surface area (TPSA) is 61.3 Å². The Morgan fingerprint density at radius 2 is 2.11 bits per heavy atom. The van der Waals surface area contributed by atoms with Gasteiger partial charge in [0.1, 0.15) is 18.6 Å². The molecular formula is C13H14ClFN2O2. The van der Waals surface area contributed by atoms with Crippen molar-refractivity contribution < 1.29 is 13.5 Å². The number of ether oxygens (including phenoxy) is 1. The molecule has 0 bridgehead atoms. The van der Waals surface area contributed by atoms with Gasteiger partial charge in [-0.2, -0.15) is 0 Å². The van der Waals surface area contributed by atoms with Crippen molar-refractivity contribution in [1.29, 1.82) is 0 Å². The smallest absolute Gasteiger partial charge is 0.225 e. The molecule has 19 heavy (non-hydrogen) atoms. The van der Waals surface area contributed by atoms with E-state index in [0.29, 0.717) is 23.5 Å². The second-order valence-electron chi connectivity index (χ2n) is 3.62. The van der Waals surface area contributed by atoms with Gasteiger partial charge in [0.2, 0.25) is 5.89 Å². The lowest BCUT2D eigenvalue weighted by Gasteiger charge is -2.07. The van der Waals surface area contributed by atoms with Gasteiger partial charge < -0.3 is 14.9 Å². The van der Waals surface area contributed by atoms with Gasteiger partial charge in [0.25, 0.3) is 0 Å². The summed E-state index contributed by atoms with van der Waals surface area (Å²) in [5.41, 5.74) is 6.59. The maximum absolute atomic E-state index is 12.3. The monoisotopic (exact) mass is 284 g/mol. The maximum atomic E-state index is 12.3. The first-order chi connectivity index (χ1) is 8.83. The molecule has 0 spiro atoms. The van der Waals surface area contributed by atoms with Gasteiger partial charge in [-0.3, -0.25) is 0 Å². The van der Waals surface area contributed by atoms with Gasteiger partial charge >= 0.3 is 0 Å². The van der Waals surface area contributed by atoms with Gasteiger partial charge in [-0.15, -0.1) is 12.4 Å². The Hall–Kier alpha value is -1.85. The van der Waals surface area contributed by atoms with Gasteiger partial charge in [0.05, 0.1) is 12.5 Å². The van der Waals surface area contributed by atoms with Crippen molar-refractivity contribution in [2.24, 2.45) is 5.73 Å². The number of halogens is 2. The SMILES string of the molecule is Cl.NC/C(=C\F)COc1ccc(-c2ncco2)cc1. The summed E-state index contributed by atoms with van der Waals surface area (Å²) in [4.78, 5) is 4.03. The van der Waals surface area contributed by atoms with Gasteiger partial charge in [-0.05, 0) is 24.3 Å². The predicted molar refractivity (Wildman–Crippen MR) is 72.9 cm³/mol. The summed E-state index contributed by atoms with van der Waals surface area (Å²) in [6, 6.07) is 7.18. The Labute approximate surface area is 116 Å². The zero-order valence-corrected chi connectivity index (χ0v) is 10.9. The molecule has 2 aromatic rings. The quantitative estimate of drug-likeness (QED) is 0.917. The molecule has 0 unspecified atom stereocenters. The molecule has 0 aliphatic rings. The summed E-state index contributed by atoms with van der Waals surface area (Å²) in [5, 5.41) is 0. The van der Waals surface area contributed by atoms with Gasteiger partial charge in [-0.25, -0.2) is 9.37 Å². The van der Waals surface area contributed by atoms with Gasteiger partial charge in [0, 0.05) is 17.7 Å². The molecule has 0 aliphatic carbocycles. The van der Waals surface area contributed by atoms with Crippen LogP contribution in [0.3, 0.4) is 0 Å². The molecular weight excluding hydrogens is 271 g/mol. The molecule has 4 nitrogen and oxygen atoms in total. The molecule has 0 saturated carbocycles. The fraction of sp³-hybridized carbons (Fsp3) is 0.154. The minimum atomic E-state index is 0. The average Bonchev–Trinajstić information content (AvgIpc) is 2.94. The second kappa shape index (κ2) is 7.56. The van der Waals surface area contributed by atoms with E-state index in [-0.39, 0.29) is 25.6 Å². The highest BCUT2D eigenvalue weighted by atomic mass is 35.5. The van der Waals surface area contributed by atoms with Crippen LogP contribution in [-0.2, 0) is 0 Å². The molecule has 6 heteroatoms. The Kier molecular flexibility index (Phi) is 6.05. The van der Waals surface area contributed by atoms with Crippen LogP contribution in [0.5, 0.6) is 5.75 Å².